The molecule has 1 rings (SSSR count). The molecule has 8 nitrogen and oxygen atoms in total. The molecule has 0 bridgehead atoms. The van der Waals surface area contributed by atoms with Gasteiger partial charge in [0.1, 0.15) is 5.60 Å². The van der Waals surface area contributed by atoms with Crippen molar-refractivity contribution < 1.29 is 19.1 Å². The molecule has 1 aliphatic heterocycles. The van der Waals surface area contributed by atoms with Crippen LogP contribution in [0.3, 0.4) is 0 Å². The second-order valence-electron chi connectivity index (χ2n) is 7.15. The van der Waals surface area contributed by atoms with Crippen LogP contribution in [0.2, 0.25) is 0 Å². The molecule has 1 fully saturated rings. The van der Waals surface area contributed by atoms with Crippen molar-refractivity contribution in [1.29, 1.82) is 0 Å². The van der Waals surface area contributed by atoms with Gasteiger partial charge in [-0.1, -0.05) is 32.9 Å². The van der Waals surface area contributed by atoms with Crippen LogP contribution in [0.25, 0.3) is 0 Å². The Hall–Kier alpha value is -1.83. The number of hydrogen-bond donors (Lipinski definition) is 2. The highest BCUT2D eigenvalue weighted by molar-refractivity contribution is 5.97. The molecule has 8 heteroatoms. The number of nitrogens with zero attached hydrogens (tertiary/aromatic N) is 1. The first-order valence-corrected chi connectivity index (χ1v) is 8.18. The zero-order valence-corrected chi connectivity index (χ0v) is 14.9. The van der Waals surface area contributed by atoms with Gasteiger partial charge in [-0.25, -0.2) is 0 Å². The van der Waals surface area contributed by atoms with Crippen LogP contribution in [0.15, 0.2) is 5.18 Å². The Morgan fingerprint density at radius 2 is 1.79 bits per heavy atom. The molecule has 0 aromatic rings. The number of rotatable bonds is 10. The summed E-state index contributed by atoms with van der Waals surface area (Å²) in [5, 5.41) is 7.79. The average molecular weight is 341 g/mol. The summed E-state index contributed by atoms with van der Waals surface area (Å²) in [5.41, 5.74) is -0.819. The SMILES string of the molecule is CC(C)C[C@H](NC(=O)CNC(=O)[C@@H](N=O)C(C)C)C(=O)C1(C)CO1. The maximum Gasteiger partial charge on any atom is 0.249 e. The van der Waals surface area contributed by atoms with Crippen LogP contribution in [0.1, 0.15) is 41.0 Å². The van der Waals surface area contributed by atoms with E-state index >= 15 is 0 Å². The third kappa shape index (κ3) is 5.67. The Morgan fingerprint density at radius 1 is 1.21 bits per heavy atom. The van der Waals surface area contributed by atoms with Gasteiger partial charge in [0.15, 0.2) is 11.8 Å². The normalized spacial score (nSPS) is 22.0. The Labute approximate surface area is 142 Å². The lowest BCUT2D eigenvalue weighted by Gasteiger charge is -2.21. The fraction of sp³-hybridized carbons (Fsp3) is 0.812. The molecule has 1 unspecified atom stereocenters. The molecule has 0 radical (unpaired) electrons. The van der Waals surface area contributed by atoms with E-state index in [0.29, 0.717) is 13.0 Å². The van der Waals surface area contributed by atoms with E-state index in [1.54, 1.807) is 20.8 Å². The Bertz CT molecular complexity index is 500. The third-order valence-electron chi connectivity index (χ3n) is 3.89. The number of carbonyl (C=O) groups excluding carboxylic acids is 3. The summed E-state index contributed by atoms with van der Waals surface area (Å²) in [6, 6.07) is -1.70. The summed E-state index contributed by atoms with van der Waals surface area (Å²) < 4.78 is 5.15. The fourth-order valence-electron chi connectivity index (χ4n) is 2.31. The molecule has 0 aromatic heterocycles. The highest BCUT2D eigenvalue weighted by atomic mass is 16.6. The van der Waals surface area contributed by atoms with Crippen molar-refractivity contribution in [2.75, 3.05) is 13.2 Å². The zero-order valence-electron chi connectivity index (χ0n) is 14.9. The van der Waals surface area contributed by atoms with E-state index in [4.69, 9.17) is 4.74 Å². The predicted molar refractivity (Wildman–Crippen MR) is 88.2 cm³/mol. The molecule has 3 atom stereocenters. The number of Topliss-reactive ketones (excluding diaryl/α,β-unsaturated/α-hetero) is 1. The minimum atomic E-state index is -1.04. The van der Waals surface area contributed by atoms with E-state index in [1.165, 1.54) is 0 Å². The molecular formula is C16H27N3O5. The minimum absolute atomic E-state index is 0.162. The van der Waals surface area contributed by atoms with Crippen molar-refractivity contribution in [2.24, 2.45) is 17.0 Å². The van der Waals surface area contributed by atoms with Crippen molar-refractivity contribution >= 4 is 17.6 Å². The molecule has 1 aliphatic rings. The van der Waals surface area contributed by atoms with Crippen LogP contribution in [0, 0.1) is 16.7 Å². The molecule has 24 heavy (non-hydrogen) atoms. The smallest absolute Gasteiger partial charge is 0.249 e. The summed E-state index contributed by atoms with van der Waals surface area (Å²) in [7, 11) is 0. The number of ketones is 1. The number of epoxide rings is 1. The van der Waals surface area contributed by atoms with Gasteiger partial charge in [-0.3, -0.25) is 14.4 Å². The van der Waals surface area contributed by atoms with Gasteiger partial charge in [0.2, 0.25) is 11.8 Å². The van der Waals surface area contributed by atoms with Crippen LogP contribution >= 0.6 is 0 Å². The lowest BCUT2D eigenvalue weighted by atomic mass is 9.93. The summed E-state index contributed by atoms with van der Waals surface area (Å²) >= 11 is 0. The van der Waals surface area contributed by atoms with E-state index < -0.39 is 29.5 Å². The van der Waals surface area contributed by atoms with Crippen molar-refractivity contribution in [3.05, 3.63) is 4.91 Å². The molecule has 0 saturated carbocycles. The summed E-state index contributed by atoms with van der Waals surface area (Å²) in [6.07, 6.45) is 0.488. The molecule has 0 spiro atoms. The second kappa shape index (κ2) is 8.32. The lowest BCUT2D eigenvalue weighted by molar-refractivity contribution is -0.131. The number of nitrogens with one attached hydrogen (secondary N) is 2. The van der Waals surface area contributed by atoms with E-state index in [0.717, 1.165) is 0 Å². The third-order valence-corrected chi connectivity index (χ3v) is 3.89. The Morgan fingerprint density at radius 3 is 2.21 bits per heavy atom. The van der Waals surface area contributed by atoms with Gasteiger partial charge in [-0.2, -0.15) is 0 Å². The van der Waals surface area contributed by atoms with Crippen LogP contribution in [0.5, 0.6) is 0 Å². The van der Waals surface area contributed by atoms with Crippen molar-refractivity contribution in [3.63, 3.8) is 0 Å². The van der Waals surface area contributed by atoms with Gasteiger partial charge in [-0.05, 0) is 25.2 Å². The standard InChI is InChI=1S/C16H27N3O5/c1-9(2)6-11(14(21)16(5)8-24-16)18-12(20)7-17-15(22)13(19-23)10(3)4/h9-11,13H,6-8H2,1-5H3,(H,17,22)(H,18,20)/t11-,13-,16?/m0/s1. The van der Waals surface area contributed by atoms with Gasteiger partial charge in [0.05, 0.1) is 19.2 Å². The van der Waals surface area contributed by atoms with E-state index in [-0.39, 0.29) is 24.2 Å². The van der Waals surface area contributed by atoms with E-state index in [9.17, 15) is 19.3 Å². The fourth-order valence-corrected chi connectivity index (χ4v) is 2.31. The minimum Gasteiger partial charge on any atom is -0.361 e. The largest absolute Gasteiger partial charge is 0.361 e. The Kier molecular flexibility index (Phi) is 7.01. The lowest BCUT2D eigenvalue weighted by Crippen LogP contribution is -2.50. The number of nitroso groups, excluding NO2 is 1. The van der Waals surface area contributed by atoms with Gasteiger partial charge >= 0.3 is 0 Å². The summed E-state index contributed by atoms with van der Waals surface area (Å²) in [6.45, 7) is 9.03. The van der Waals surface area contributed by atoms with Crippen molar-refractivity contribution in [1.82, 2.24) is 10.6 Å². The molecule has 2 amide bonds. The van der Waals surface area contributed by atoms with Crippen LogP contribution in [0.4, 0.5) is 0 Å². The predicted octanol–water partition coefficient (Wildman–Crippen LogP) is 0.783. The van der Waals surface area contributed by atoms with E-state index in [1.807, 2.05) is 13.8 Å². The first-order chi connectivity index (χ1) is 11.1. The summed E-state index contributed by atoms with van der Waals surface area (Å²) in [5.74, 6) is -1.29. The molecular weight excluding hydrogens is 314 g/mol. The number of ether oxygens (including phenoxy) is 1. The maximum atomic E-state index is 12.4. The Balaban J connectivity index is 2.57. The van der Waals surface area contributed by atoms with Crippen LogP contribution in [-0.2, 0) is 19.1 Å². The molecule has 0 aromatic carbocycles. The summed E-state index contributed by atoms with van der Waals surface area (Å²) in [4.78, 5) is 46.9. The number of amides is 2. The number of carbonyl (C=O) groups is 3. The number of hydrogen-bond acceptors (Lipinski definition) is 6. The topological polar surface area (TPSA) is 117 Å². The van der Waals surface area contributed by atoms with Crippen LogP contribution < -0.4 is 10.6 Å². The van der Waals surface area contributed by atoms with Crippen molar-refractivity contribution in [3.8, 4) is 0 Å². The van der Waals surface area contributed by atoms with Gasteiger partial charge in [0, 0.05) is 0 Å². The molecule has 0 aliphatic carbocycles. The van der Waals surface area contributed by atoms with Gasteiger partial charge in [-0.15, -0.1) is 4.91 Å². The first kappa shape index (κ1) is 20.2. The van der Waals surface area contributed by atoms with Crippen LogP contribution in [-0.4, -0.2) is 48.4 Å². The van der Waals surface area contributed by atoms with Gasteiger partial charge in [0.25, 0.3) is 0 Å². The molecule has 1 saturated heterocycles. The zero-order chi connectivity index (χ0) is 18.5. The second-order valence-corrected chi connectivity index (χ2v) is 7.15. The first-order valence-electron chi connectivity index (χ1n) is 8.18. The van der Waals surface area contributed by atoms with E-state index in [2.05, 4.69) is 15.8 Å². The quantitative estimate of drug-likeness (QED) is 0.450. The molecule has 2 N–H and O–H groups in total. The molecule has 136 valence electrons. The maximum absolute atomic E-state index is 12.4. The van der Waals surface area contributed by atoms with Gasteiger partial charge < -0.3 is 15.4 Å². The molecule has 1 heterocycles. The highest BCUT2D eigenvalue weighted by Crippen LogP contribution is 2.29. The highest BCUT2D eigenvalue weighted by Gasteiger charge is 2.50. The van der Waals surface area contributed by atoms with Crippen molar-refractivity contribution in [2.45, 2.75) is 58.7 Å². The average Bonchev–Trinajstić information content (AvgIpc) is 3.22. The monoisotopic (exact) mass is 341 g/mol.